The monoisotopic (exact) mass is 525 g/mol. The summed E-state index contributed by atoms with van der Waals surface area (Å²) in [4.78, 5) is 31.8. The Bertz CT molecular complexity index is 1280. The normalized spacial score (nSPS) is 15.3. The molecule has 0 bridgehead atoms. The number of nitrogens with zero attached hydrogens (tertiary/aromatic N) is 2. The molecule has 1 aromatic heterocycles. The van der Waals surface area contributed by atoms with E-state index in [-0.39, 0.29) is 24.8 Å². The number of amides is 2. The van der Waals surface area contributed by atoms with Gasteiger partial charge in [0.25, 0.3) is 5.91 Å². The SMILES string of the molecule is CC(/C=C1\SC(=S)N(CCC(=O)Nc2nc(-c3ccc(Cl)cc3)cs2)C1=O)=C\c1ccccc1. The number of anilines is 1. The van der Waals surface area contributed by atoms with Crippen LogP contribution in [0.25, 0.3) is 17.3 Å². The smallest absolute Gasteiger partial charge is 0.266 e. The summed E-state index contributed by atoms with van der Waals surface area (Å²) < 4.78 is 0.454. The van der Waals surface area contributed by atoms with Crippen molar-refractivity contribution in [2.45, 2.75) is 13.3 Å². The lowest BCUT2D eigenvalue weighted by Gasteiger charge is -2.13. The van der Waals surface area contributed by atoms with E-state index in [1.807, 2.05) is 66.9 Å². The molecule has 0 atom stereocenters. The Labute approximate surface area is 216 Å². The summed E-state index contributed by atoms with van der Waals surface area (Å²) in [6.45, 7) is 2.16. The van der Waals surface area contributed by atoms with Crippen molar-refractivity contribution in [1.29, 1.82) is 0 Å². The minimum atomic E-state index is -0.227. The molecule has 1 aliphatic heterocycles. The summed E-state index contributed by atoms with van der Waals surface area (Å²) in [5.41, 5.74) is 3.69. The zero-order valence-corrected chi connectivity index (χ0v) is 21.4. The Hall–Kier alpha value is -2.78. The van der Waals surface area contributed by atoms with E-state index >= 15 is 0 Å². The van der Waals surface area contributed by atoms with Crippen LogP contribution >= 0.6 is 46.9 Å². The first kappa shape index (κ1) is 24.3. The van der Waals surface area contributed by atoms with Crippen molar-refractivity contribution < 1.29 is 9.59 Å². The van der Waals surface area contributed by atoms with Crippen molar-refractivity contribution in [3.05, 3.63) is 87.1 Å². The molecule has 5 nitrogen and oxygen atoms in total. The van der Waals surface area contributed by atoms with Crippen LogP contribution in [-0.2, 0) is 9.59 Å². The predicted octanol–water partition coefficient (Wildman–Crippen LogP) is 6.64. The molecule has 4 rings (SSSR count). The van der Waals surface area contributed by atoms with E-state index in [2.05, 4.69) is 10.3 Å². The van der Waals surface area contributed by atoms with Crippen molar-refractivity contribution in [2.24, 2.45) is 0 Å². The number of nitrogens with one attached hydrogen (secondary N) is 1. The van der Waals surface area contributed by atoms with Crippen LogP contribution in [0.3, 0.4) is 0 Å². The topological polar surface area (TPSA) is 62.3 Å². The molecule has 0 radical (unpaired) electrons. The number of thioether (sulfide) groups is 1. The molecule has 0 aliphatic carbocycles. The molecule has 1 N–H and O–H groups in total. The minimum absolute atomic E-state index is 0.119. The summed E-state index contributed by atoms with van der Waals surface area (Å²) in [7, 11) is 0. The van der Waals surface area contributed by atoms with Gasteiger partial charge in [0.05, 0.1) is 10.6 Å². The summed E-state index contributed by atoms with van der Waals surface area (Å²) in [5.74, 6) is -0.405. The number of hydrogen-bond donors (Lipinski definition) is 1. The molecule has 34 heavy (non-hydrogen) atoms. The first-order valence-corrected chi connectivity index (χ1v) is 12.9. The number of thiocarbonyl (C=S) groups is 1. The molecule has 2 amide bonds. The number of allylic oxidation sites excluding steroid dienone is 2. The highest BCUT2D eigenvalue weighted by Gasteiger charge is 2.32. The number of halogens is 1. The summed E-state index contributed by atoms with van der Waals surface area (Å²) >= 11 is 13.9. The highest BCUT2D eigenvalue weighted by atomic mass is 35.5. The van der Waals surface area contributed by atoms with Crippen LogP contribution in [-0.4, -0.2) is 32.6 Å². The Morgan fingerprint density at radius 2 is 1.91 bits per heavy atom. The molecule has 9 heteroatoms. The molecule has 1 aliphatic rings. The van der Waals surface area contributed by atoms with Gasteiger partial charge in [-0.1, -0.05) is 84.1 Å². The number of carbonyl (C=O) groups excluding carboxylic acids is 2. The average molecular weight is 526 g/mol. The van der Waals surface area contributed by atoms with E-state index in [1.165, 1.54) is 28.0 Å². The summed E-state index contributed by atoms with van der Waals surface area (Å²) in [6, 6.07) is 17.2. The second-order valence-electron chi connectivity index (χ2n) is 7.48. The number of carbonyl (C=O) groups is 2. The Kier molecular flexibility index (Phi) is 7.95. The highest BCUT2D eigenvalue weighted by molar-refractivity contribution is 8.26. The molecule has 1 saturated heterocycles. The van der Waals surface area contributed by atoms with Crippen LogP contribution in [0.15, 0.2) is 76.5 Å². The third-order valence-corrected chi connectivity index (χ3v) is 7.27. The van der Waals surface area contributed by atoms with Crippen LogP contribution in [0.5, 0.6) is 0 Å². The maximum Gasteiger partial charge on any atom is 0.266 e. The molecule has 0 saturated carbocycles. The zero-order chi connectivity index (χ0) is 24.1. The molecule has 1 fully saturated rings. The molecular weight excluding hydrogens is 506 g/mol. The maximum absolute atomic E-state index is 12.8. The fraction of sp³-hybridized carbons (Fsp3) is 0.120. The number of hydrogen-bond acceptors (Lipinski definition) is 6. The first-order chi connectivity index (χ1) is 16.4. The van der Waals surface area contributed by atoms with Gasteiger partial charge in [0.2, 0.25) is 5.91 Å². The van der Waals surface area contributed by atoms with Crippen LogP contribution < -0.4 is 5.32 Å². The number of aromatic nitrogens is 1. The van der Waals surface area contributed by atoms with Crippen LogP contribution in [0.1, 0.15) is 18.9 Å². The largest absolute Gasteiger partial charge is 0.302 e. The van der Waals surface area contributed by atoms with E-state index in [9.17, 15) is 9.59 Å². The Morgan fingerprint density at radius 3 is 2.65 bits per heavy atom. The number of rotatable bonds is 7. The van der Waals surface area contributed by atoms with Gasteiger partial charge in [-0.15, -0.1) is 11.3 Å². The molecule has 0 spiro atoms. The van der Waals surface area contributed by atoms with Crippen molar-refractivity contribution in [2.75, 3.05) is 11.9 Å². The second-order valence-corrected chi connectivity index (χ2v) is 10.4. The van der Waals surface area contributed by atoms with Gasteiger partial charge in [0.15, 0.2) is 5.13 Å². The first-order valence-electron chi connectivity index (χ1n) is 10.4. The van der Waals surface area contributed by atoms with Crippen molar-refractivity contribution in [3.8, 4) is 11.3 Å². The number of thiazole rings is 1. The van der Waals surface area contributed by atoms with Crippen LogP contribution in [0.4, 0.5) is 5.13 Å². The molecule has 3 aromatic rings. The molecule has 2 heterocycles. The summed E-state index contributed by atoms with van der Waals surface area (Å²) in [6.07, 6.45) is 3.96. The van der Waals surface area contributed by atoms with Crippen LogP contribution in [0.2, 0.25) is 5.02 Å². The van der Waals surface area contributed by atoms with Gasteiger partial charge in [-0.2, -0.15) is 0 Å². The van der Waals surface area contributed by atoms with Gasteiger partial charge in [-0.05, 0) is 36.3 Å². The fourth-order valence-electron chi connectivity index (χ4n) is 3.23. The third-order valence-electron chi connectivity index (χ3n) is 4.88. The van der Waals surface area contributed by atoms with E-state index in [0.29, 0.717) is 19.4 Å². The van der Waals surface area contributed by atoms with Crippen LogP contribution in [0, 0.1) is 0 Å². The Balaban J connectivity index is 1.33. The van der Waals surface area contributed by atoms with Gasteiger partial charge < -0.3 is 5.32 Å². The van der Waals surface area contributed by atoms with Gasteiger partial charge >= 0.3 is 0 Å². The van der Waals surface area contributed by atoms with Gasteiger partial charge in [0.1, 0.15) is 4.32 Å². The quantitative estimate of drug-likeness (QED) is 0.277. The van der Waals surface area contributed by atoms with E-state index in [0.717, 1.165) is 22.4 Å². The minimum Gasteiger partial charge on any atom is -0.302 e. The standard InChI is InChI=1S/C25H20ClN3O2S3/c1-16(13-17-5-3-2-4-6-17)14-21-23(31)29(25(32)34-21)12-11-22(30)28-24-27-20(15-33-24)18-7-9-19(26)10-8-18/h2-10,13-15H,11-12H2,1H3,(H,27,28,30)/b16-13+,21-14-. The second kappa shape index (κ2) is 11.1. The maximum atomic E-state index is 12.8. The molecule has 2 aromatic carbocycles. The average Bonchev–Trinajstić information content (AvgIpc) is 3.37. The van der Waals surface area contributed by atoms with E-state index in [1.54, 1.807) is 12.1 Å². The molecule has 172 valence electrons. The van der Waals surface area contributed by atoms with Crippen molar-refractivity contribution in [3.63, 3.8) is 0 Å². The van der Waals surface area contributed by atoms with E-state index in [4.69, 9.17) is 23.8 Å². The highest BCUT2D eigenvalue weighted by Crippen LogP contribution is 2.32. The van der Waals surface area contributed by atoms with E-state index < -0.39 is 0 Å². The van der Waals surface area contributed by atoms with Crippen molar-refractivity contribution >= 4 is 74.3 Å². The van der Waals surface area contributed by atoms with Gasteiger partial charge in [0, 0.05) is 28.9 Å². The lowest BCUT2D eigenvalue weighted by molar-refractivity contribution is -0.122. The fourth-order valence-corrected chi connectivity index (χ4v) is 5.45. The molecule has 0 unspecified atom stereocenters. The number of benzene rings is 2. The predicted molar refractivity (Wildman–Crippen MR) is 146 cm³/mol. The molecular formula is C25H20ClN3O2S3. The third kappa shape index (κ3) is 6.21. The van der Waals surface area contributed by atoms with Gasteiger partial charge in [-0.3, -0.25) is 14.5 Å². The van der Waals surface area contributed by atoms with Crippen molar-refractivity contribution in [1.82, 2.24) is 9.88 Å². The lowest BCUT2D eigenvalue weighted by atomic mass is 10.1. The Morgan fingerprint density at radius 1 is 1.18 bits per heavy atom. The summed E-state index contributed by atoms with van der Waals surface area (Å²) in [5, 5.41) is 5.83. The lowest BCUT2D eigenvalue weighted by Crippen LogP contribution is -2.31. The van der Waals surface area contributed by atoms with Gasteiger partial charge in [-0.25, -0.2) is 4.98 Å². The zero-order valence-electron chi connectivity index (χ0n) is 18.2.